The lowest BCUT2D eigenvalue weighted by molar-refractivity contribution is 0.0975. The van der Waals surface area contributed by atoms with Gasteiger partial charge in [0.25, 0.3) is 5.91 Å². The van der Waals surface area contributed by atoms with Gasteiger partial charge in [0, 0.05) is 5.92 Å². The zero-order valence-electron chi connectivity index (χ0n) is 11.5. The van der Waals surface area contributed by atoms with E-state index in [-0.39, 0.29) is 24.3 Å². The monoisotopic (exact) mass is 339 g/mol. The Kier molecular flexibility index (Phi) is 4.73. The Morgan fingerprint density at radius 2 is 2.09 bits per heavy atom. The van der Waals surface area contributed by atoms with Gasteiger partial charge in [-0.3, -0.25) is 15.5 Å². The van der Waals surface area contributed by atoms with Crippen LogP contribution in [0.25, 0.3) is 5.69 Å². The fraction of sp³-hybridized carbons (Fsp3) is 0.214. The van der Waals surface area contributed by atoms with E-state index >= 15 is 0 Å². The highest BCUT2D eigenvalue weighted by molar-refractivity contribution is 6.32. The number of nitrogens with two attached hydrogens (primary N) is 1. The zero-order valence-corrected chi connectivity index (χ0v) is 13.1. The highest BCUT2D eigenvalue weighted by atomic mass is 35.5. The molecule has 0 bridgehead atoms. The van der Waals surface area contributed by atoms with Crippen molar-refractivity contribution in [1.82, 2.24) is 15.1 Å². The van der Waals surface area contributed by atoms with Crippen LogP contribution in [0, 0.1) is 5.41 Å². The normalized spacial score (nSPS) is 13.3. The second-order valence-electron chi connectivity index (χ2n) is 4.95. The summed E-state index contributed by atoms with van der Waals surface area (Å²) >= 11 is 6.21. The smallest absolute Gasteiger partial charge is 0.261 e. The van der Waals surface area contributed by atoms with E-state index in [1.807, 2.05) is 18.2 Å². The molecule has 1 aromatic carbocycles. The van der Waals surface area contributed by atoms with Crippen molar-refractivity contribution in [3.63, 3.8) is 0 Å². The van der Waals surface area contributed by atoms with Crippen molar-refractivity contribution in [1.29, 1.82) is 5.41 Å². The molecule has 1 aliphatic carbocycles. The average molecular weight is 340 g/mol. The summed E-state index contributed by atoms with van der Waals surface area (Å²) in [5.74, 6) is -0.508. The van der Waals surface area contributed by atoms with Crippen LogP contribution in [0.5, 0.6) is 0 Å². The number of amides is 1. The summed E-state index contributed by atoms with van der Waals surface area (Å²) in [5, 5.41) is 14.3. The molecule has 3 rings (SSSR count). The summed E-state index contributed by atoms with van der Waals surface area (Å²) in [6.07, 6.45) is 3.52. The van der Waals surface area contributed by atoms with Crippen molar-refractivity contribution in [3.05, 3.63) is 46.7 Å². The Balaban J connectivity index is 0.00000176. The van der Waals surface area contributed by atoms with Crippen LogP contribution in [-0.4, -0.2) is 21.6 Å². The predicted octanol–water partition coefficient (Wildman–Crippen LogP) is 2.45. The minimum atomic E-state index is -0.414. The first-order valence-corrected chi connectivity index (χ1v) is 6.94. The number of nitrogens with one attached hydrogen (secondary N) is 2. The Bertz CT molecular complexity index is 724. The number of aromatic nitrogens is 2. The van der Waals surface area contributed by atoms with Crippen molar-refractivity contribution in [2.45, 2.75) is 18.8 Å². The molecule has 0 saturated heterocycles. The van der Waals surface area contributed by atoms with Gasteiger partial charge in [-0.25, -0.2) is 4.68 Å². The number of carbonyl (C=O) groups is 1. The van der Waals surface area contributed by atoms with Crippen molar-refractivity contribution in [2.24, 2.45) is 5.73 Å². The molecule has 0 spiro atoms. The maximum absolute atomic E-state index is 12.1. The standard InChI is InChI=1S/C14H14ClN5O.ClH/c15-10-3-1-2-4-11(10)20-12(8-5-6-8)9(7-18-20)13(21)19-14(16)17;/h1-4,7-8H,5-6H2,(H4,16,17,19,21);1H. The predicted molar refractivity (Wildman–Crippen MR) is 87.2 cm³/mol. The molecule has 0 aliphatic heterocycles. The molecule has 0 radical (unpaired) electrons. The minimum Gasteiger partial charge on any atom is -0.370 e. The number of para-hydroxylation sites is 1. The van der Waals surface area contributed by atoms with Crippen LogP contribution in [-0.2, 0) is 0 Å². The molecule has 1 heterocycles. The van der Waals surface area contributed by atoms with Gasteiger partial charge < -0.3 is 5.73 Å². The van der Waals surface area contributed by atoms with Crippen LogP contribution in [0.3, 0.4) is 0 Å². The summed E-state index contributed by atoms with van der Waals surface area (Å²) in [6.45, 7) is 0. The molecule has 2 aromatic rings. The Labute approximate surface area is 138 Å². The lowest BCUT2D eigenvalue weighted by atomic mass is 10.1. The van der Waals surface area contributed by atoms with Crippen LogP contribution < -0.4 is 11.1 Å². The largest absolute Gasteiger partial charge is 0.370 e. The van der Waals surface area contributed by atoms with Gasteiger partial charge in [-0.2, -0.15) is 5.10 Å². The lowest BCUT2D eigenvalue weighted by Crippen LogP contribution is -2.36. The number of hydrogen-bond acceptors (Lipinski definition) is 3. The highest BCUT2D eigenvalue weighted by Gasteiger charge is 2.33. The molecular weight excluding hydrogens is 325 g/mol. The second kappa shape index (κ2) is 6.37. The van der Waals surface area contributed by atoms with Crippen LogP contribution in [0.15, 0.2) is 30.5 Å². The first-order chi connectivity index (χ1) is 10.1. The first kappa shape index (κ1) is 16.3. The molecule has 0 atom stereocenters. The second-order valence-corrected chi connectivity index (χ2v) is 5.36. The van der Waals surface area contributed by atoms with E-state index in [1.165, 1.54) is 6.20 Å². The van der Waals surface area contributed by atoms with Crippen molar-refractivity contribution in [2.75, 3.05) is 0 Å². The Morgan fingerprint density at radius 3 is 2.68 bits per heavy atom. The van der Waals surface area contributed by atoms with E-state index in [0.717, 1.165) is 24.2 Å². The molecule has 116 valence electrons. The molecule has 4 N–H and O–H groups in total. The van der Waals surface area contributed by atoms with Gasteiger partial charge in [-0.1, -0.05) is 23.7 Å². The van der Waals surface area contributed by atoms with Crippen LogP contribution in [0.4, 0.5) is 0 Å². The zero-order chi connectivity index (χ0) is 15.0. The number of nitrogens with zero attached hydrogens (tertiary/aromatic N) is 2. The maximum Gasteiger partial charge on any atom is 0.261 e. The molecule has 22 heavy (non-hydrogen) atoms. The molecular formula is C14H15Cl2N5O. The molecule has 1 aliphatic rings. The summed E-state index contributed by atoms with van der Waals surface area (Å²) in [5.41, 5.74) is 7.22. The van der Waals surface area contributed by atoms with Crippen molar-refractivity contribution >= 4 is 35.9 Å². The molecule has 1 saturated carbocycles. The van der Waals surface area contributed by atoms with Gasteiger partial charge in [0.1, 0.15) is 0 Å². The first-order valence-electron chi connectivity index (χ1n) is 6.56. The van der Waals surface area contributed by atoms with E-state index in [0.29, 0.717) is 10.6 Å². The van der Waals surface area contributed by atoms with Crippen LogP contribution >= 0.6 is 24.0 Å². The molecule has 1 aromatic heterocycles. The van der Waals surface area contributed by atoms with Crippen LogP contribution in [0.1, 0.15) is 34.8 Å². The van der Waals surface area contributed by atoms with Crippen molar-refractivity contribution < 1.29 is 4.79 Å². The molecule has 8 heteroatoms. The average Bonchev–Trinajstić information content (AvgIpc) is 3.17. The van der Waals surface area contributed by atoms with Gasteiger partial charge in [-0.15, -0.1) is 12.4 Å². The van der Waals surface area contributed by atoms with E-state index < -0.39 is 5.91 Å². The quantitative estimate of drug-likeness (QED) is 0.591. The topological polar surface area (TPSA) is 96.8 Å². The van der Waals surface area contributed by atoms with E-state index in [2.05, 4.69) is 10.4 Å². The SMILES string of the molecule is Cl.N=C(N)NC(=O)c1cnn(-c2ccccc2Cl)c1C1CC1. The van der Waals surface area contributed by atoms with Gasteiger partial charge in [0.05, 0.1) is 28.2 Å². The number of hydrogen-bond donors (Lipinski definition) is 3. The number of carbonyl (C=O) groups excluding carboxylic acids is 1. The summed E-state index contributed by atoms with van der Waals surface area (Å²) in [7, 11) is 0. The maximum atomic E-state index is 12.1. The van der Waals surface area contributed by atoms with E-state index in [9.17, 15) is 4.79 Å². The van der Waals surface area contributed by atoms with Gasteiger partial charge in [0.15, 0.2) is 5.96 Å². The summed E-state index contributed by atoms with van der Waals surface area (Å²) in [4.78, 5) is 12.1. The fourth-order valence-electron chi connectivity index (χ4n) is 2.29. The van der Waals surface area contributed by atoms with Crippen LogP contribution in [0.2, 0.25) is 5.02 Å². The molecule has 6 nitrogen and oxygen atoms in total. The third kappa shape index (κ3) is 3.08. The highest BCUT2D eigenvalue weighted by Crippen LogP contribution is 2.43. The fourth-order valence-corrected chi connectivity index (χ4v) is 2.50. The third-order valence-electron chi connectivity index (χ3n) is 3.34. The summed E-state index contributed by atoms with van der Waals surface area (Å²) < 4.78 is 1.70. The minimum absolute atomic E-state index is 0. The van der Waals surface area contributed by atoms with E-state index in [1.54, 1.807) is 10.7 Å². The van der Waals surface area contributed by atoms with E-state index in [4.69, 9.17) is 22.7 Å². The number of rotatable bonds is 3. The molecule has 1 fully saturated rings. The molecule has 1 amide bonds. The number of halogens is 2. The lowest BCUT2D eigenvalue weighted by Gasteiger charge is -2.10. The van der Waals surface area contributed by atoms with Gasteiger partial charge in [0.2, 0.25) is 0 Å². The van der Waals surface area contributed by atoms with Gasteiger partial charge in [-0.05, 0) is 25.0 Å². The number of benzene rings is 1. The number of guanidine groups is 1. The third-order valence-corrected chi connectivity index (χ3v) is 3.66. The molecule has 0 unspecified atom stereocenters. The Hall–Kier alpha value is -2.05. The summed E-state index contributed by atoms with van der Waals surface area (Å²) in [6, 6.07) is 7.35. The Morgan fingerprint density at radius 1 is 1.41 bits per heavy atom. The van der Waals surface area contributed by atoms with Crippen molar-refractivity contribution in [3.8, 4) is 5.69 Å². The van der Waals surface area contributed by atoms with Gasteiger partial charge >= 0.3 is 0 Å².